The summed E-state index contributed by atoms with van der Waals surface area (Å²) in [6.45, 7) is 4.58. The van der Waals surface area contributed by atoms with Crippen molar-refractivity contribution in [2.24, 2.45) is 0 Å². The summed E-state index contributed by atoms with van der Waals surface area (Å²) in [6, 6.07) is 19.0. The van der Waals surface area contributed by atoms with Crippen molar-refractivity contribution in [1.82, 2.24) is 0 Å². The van der Waals surface area contributed by atoms with Crippen molar-refractivity contribution in [3.8, 4) is 19.5 Å². The smallest absolute Gasteiger partial charge is 0.0527 e. The van der Waals surface area contributed by atoms with Crippen LogP contribution >= 0.6 is 45.3 Å². The second-order valence-electron chi connectivity index (χ2n) is 9.99. The van der Waals surface area contributed by atoms with Crippen LogP contribution in [0.15, 0.2) is 48.5 Å². The lowest BCUT2D eigenvalue weighted by Crippen LogP contribution is -1.80. The molecule has 0 radical (unpaired) electrons. The third-order valence-electron chi connectivity index (χ3n) is 7.32. The van der Waals surface area contributed by atoms with Gasteiger partial charge in [0, 0.05) is 50.5 Å². The summed E-state index contributed by atoms with van der Waals surface area (Å²) < 4.78 is 2.87. The number of unbranched alkanes of at least 4 members (excludes halogenated alkanes) is 6. The van der Waals surface area contributed by atoms with E-state index in [-0.39, 0.29) is 0 Å². The first-order valence-corrected chi connectivity index (χ1v) is 16.9. The van der Waals surface area contributed by atoms with Gasteiger partial charge < -0.3 is 0 Å². The average molecular weight is 547 g/mol. The van der Waals surface area contributed by atoms with Gasteiger partial charge in [-0.15, -0.1) is 45.3 Å². The maximum atomic E-state index is 2.39. The zero-order chi connectivity index (χ0) is 24.5. The van der Waals surface area contributed by atoms with Crippen LogP contribution in [0.2, 0.25) is 0 Å². The number of rotatable bonds is 12. The first kappa shape index (κ1) is 24.6. The van der Waals surface area contributed by atoms with E-state index >= 15 is 0 Å². The largest absolute Gasteiger partial charge is 0.139 e. The summed E-state index contributed by atoms with van der Waals surface area (Å²) in [5.41, 5.74) is 0. The van der Waals surface area contributed by atoms with E-state index in [1.54, 1.807) is 0 Å². The second-order valence-corrected chi connectivity index (χ2v) is 14.4. The van der Waals surface area contributed by atoms with Crippen molar-refractivity contribution in [1.29, 1.82) is 0 Å². The van der Waals surface area contributed by atoms with Gasteiger partial charge >= 0.3 is 0 Å². The fourth-order valence-corrected chi connectivity index (χ4v) is 10.1. The van der Waals surface area contributed by atoms with Gasteiger partial charge in [-0.1, -0.05) is 64.5 Å². The molecule has 0 nitrogen and oxygen atoms in total. The SMILES string of the molecule is CCCCCCc1ccc(-c2sc3ccc4c(-c5ccc(CCCCCC)s5)sc5ccc2c3c54)s1. The summed E-state index contributed by atoms with van der Waals surface area (Å²) in [5.74, 6) is 0. The van der Waals surface area contributed by atoms with Crippen molar-refractivity contribution in [2.75, 3.05) is 0 Å². The molecule has 0 fully saturated rings. The Labute approximate surface area is 231 Å². The molecule has 0 N–H and O–H groups in total. The van der Waals surface area contributed by atoms with E-state index in [4.69, 9.17) is 0 Å². The molecule has 0 aliphatic rings. The van der Waals surface area contributed by atoms with E-state index in [1.807, 2.05) is 45.3 Å². The van der Waals surface area contributed by atoms with Crippen LogP contribution in [0.4, 0.5) is 0 Å². The molecule has 4 heterocycles. The fourth-order valence-electron chi connectivity index (χ4n) is 5.40. The lowest BCUT2D eigenvalue weighted by atomic mass is 10.0. The molecule has 4 aromatic heterocycles. The summed E-state index contributed by atoms with van der Waals surface area (Å²) in [7, 11) is 0. The molecule has 0 saturated heterocycles. The highest BCUT2D eigenvalue weighted by atomic mass is 32.1. The molecule has 0 spiro atoms. The van der Waals surface area contributed by atoms with E-state index in [0.29, 0.717) is 0 Å². The molecule has 0 amide bonds. The van der Waals surface area contributed by atoms with Crippen LogP contribution in [0.3, 0.4) is 0 Å². The van der Waals surface area contributed by atoms with E-state index in [9.17, 15) is 0 Å². The molecule has 2 aromatic carbocycles. The quantitative estimate of drug-likeness (QED) is 0.134. The first-order valence-electron chi connectivity index (χ1n) is 13.6. The summed E-state index contributed by atoms with van der Waals surface area (Å²) in [5, 5.41) is 5.86. The number of thiophene rings is 4. The van der Waals surface area contributed by atoms with Gasteiger partial charge in [0.2, 0.25) is 0 Å². The molecule has 0 aliphatic carbocycles. The van der Waals surface area contributed by atoms with Gasteiger partial charge in [0.25, 0.3) is 0 Å². The first-order chi connectivity index (χ1) is 17.8. The molecule has 0 aliphatic heterocycles. The summed E-state index contributed by atoms with van der Waals surface area (Å²) in [6.07, 6.45) is 13.1. The zero-order valence-corrected chi connectivity index (χ0v) is 24.6. The van der Waals surface area contributed by atoms with Gasteiger partial charge in [0.15, 0.2) is 0 Å². The molecular formula is C32H34S4. The van der Waals surface area contributed by atoms with Gasteiger partial charge in [0.1, 0.15) is 0 Å². The topological polar surface area (TPSA) is 0 Å². The number of benzene rings is 2. The molecule has 4 heteroatoms. The minimum Gasteiger partial charge on any atom is -0.139 e. The van der Waals surface area contributed by atoms with Gasteiger partial charge in [0.05, 0.1) is 9.75 Å². The fraction of sp³-hybridized carbons (Fsp3) is 0.375. The maximum Gasteiger partial charge on any atom is 0.0527 e. The van der Waals surface area contributed by atoms with Gasteiger partial charge in [-0.2, -0.15) is 0 Å². The Morgan fingerprint density at radius 1 is 0.472 bits per heavy atom. The van der Waals surface area contributed by atoms with E-state index in [1.165, 1.54) is 124 Å². The normalized spacial score (nSPS) is 12.2. The van der Waals surface area contributed by atoms with E-state index in [0.717, 1.165) is 0 Å². The summed E-state index contributed by atoms with van der Waals surface area (Å²) in [4.78, 5) is 8.89. The van der Waals surface area contributed by atoms with Crippen LogP contribution in [0.5, 0.6) is 0 Å². The highest BCUT2D eigenvalue weighted by Gasteiger charge is 2.20. The van der Waals surface area contributed by atoms with Crippen molar-refractivity contribution < 1.29 is 0 Å². The Hall–Kier alpha value is -1.72. The van der Waals surface area contributed by atoms with E-state index in [2.05, 4.69) is 62.4 Å². The minimum atomic E-state index is 1.23. The Bertz CT molecular complexity index is 1450. The number of aryl methyl sites for hydroxylation is 2. The molecule has 6 aromatic rings. The Balaban J connectivity index is 1.33. The second kappa shape index (κ2) is 10.9. The molecule has 6 rings (SSSR count). The third kappa shape index (κ3) is 4.67. The standard InChI is InChI=1S/C32H34S4/c1-3-5-7-9-11-21-13-17-27(33-21)31-23-15-19-26-30-24(16-20-25(35-31)29(23)30)32(36-26)28-18-14-22(34-28)12-10-8-6-4-2/h13-20H,3-12H2,1-2H3. The van der Waals surface area contributed by atoms with Crippen molar-refractivity contribution in [3.63, 3.8) is 0 Å². The third-order valence-corrected chi connectivity index (χ3v) is 12.3. The molecule has 0 unspecified atom stereocenters. The lowest BCUT2D eigenvalue weighted by Gasteiger charge is -2.01. The molecule has 0 atom stereocenters. The van der Waals surface area contributed by atoms with Crippen LogP contribution in [0.25, 0.3) is 50.5 Å². The number of hydrogen-bond acceptors (Lipinski definition) is 4. The van der Waals surface area contributed by atoms with Crippen LogP contribution in [0, 0.1) is 0 Å². The minimum absolute atomic E-state index is 1.23. The molecular weight excluding hydrogens is 513 g/mol. The van der Waals surface area contributed by atoms with Gasteiger partial charge in [-0.3, -0.25) is 0 Å². The summed E-state index contributed by atoms with van der Waals surface area (Å²) >= 11 is 7.99. The predicted octanol–water partition coefficient (Wildman–Crippen LogP) is 12.4. The Kier molecular flexibility index (Phi) is 7.48. The average Bonchev–Trinajstić information content (AvgIpc) is 3.68. The van der Waals surface area contributed by atoms with Crippen LogP contribution in [0.1, 0.15) is 75.0 Å². The van der Waals surface area contributed by atoms with Crippen LogP contribution in [-0.4, -0.2) is 0 Å². The molecule has 186 valence electrons. The maximum absolute atomic E-state index is 2.39. The molecule has 0 saturated carbocycles. The Morgan fingerprint density at radius 2 is 0.944 bits per heavy atom. The highest BCUT2D eigenvalue weighted by molar-refractivity contribution is 7.29. The highest BCUT2D eigenvalue weighted by Crippen LogP contribution is 2.51. The molecule has 36 heavy (non-hydrogen) atoms. The van der Waals surface area contributed by atoms with Crippen LogP contribution < -0.4 is 0 Å². The lowest BCUT2D eigenvalue weighted by molar-refractivity contribution is 0.670. The van der Waals surface area contributed by atoms with Crippen LogP contribution in [-0.2, 0) is 12.8 Å². The zero-order valence-electron chi connectivity index (χ0n) is 21.3. The Morgan fingerprint density at radius 3 is 1.39 bits per heavy atom. The van der Waals surface area contributed by atoms with Crippen molar-refractivity contribution in [2.45, 2.75) is 78.1 Å². The van der Waals surface area contributed by atoms with Crippen molar-refractivity contribution >= 4 is 76.3 Å². The van der Waals surface area contributed by atoms with Gasteiger partial charge in [-0.25, -0.2) is 0 Å². The predicted molar refractivity (Wildman–Crippen MR) is 168 cm³/mol. The number of hydrogen-bond donors (Lipinski definition) is 0. The monoisotopic (exact) mass is 546 g/mol. The van der Waals surface area contributed by atoms with Crippen molar-refractivity contribution in [3.05, 3.63) is 58.3 Å². The molecule has 0 bridgehead atoms. The van der Waals surface area contributed by atoms with Gasteiger partial charge in [-0.05, 0) is 62.1 Å². The van der Waals surface area contributed by atoms with E-state index < -0.39 is 0 Å².